The minimum atomic E-state index is -0.799. The average Bonchev–Trinajstić information content (AvgIpc) is 2.96. The van der Waals surface area contributed by atoms with Crippen LogP contribution in [0.2, 0.25) is 0 Å². The molecule has 0 aromatic rings. The zero-order chi connectivity index (χ0) is 13.9. The normalized spacial score (nSPS) is 27.8. The summed E-state index contributed by atoms with van der Waals surface area (Å²) in [6.45, 7) is 2.88. The van der Waals surface area contributed by atoms with Crippen LogP contribution in [0.5, 0.6) is 0 Å². The second-order valence-corrected chi connectivity index (χ2v) is 6.06. The molecule has 3 N–H and O–H groups in total. The van der Waals surface area contributed by atoms with Crippen LogP contribution >= 0.6 is 0 Å². The Morgan fingerprint density at radius 2 is 2.05 bits per heavy atom. The van der Waals surface area contributed by atoms with Gasteiger partial charge in [-0.05, 0) is 37.5 Å². The molecule has 0 spiro atoms. The molecule has 2 unspecified atom stereocenters. The second-order valence-electron chi connectivity index (χ2n) is 6.06. The molecular weight excluding hydrogens is 244 g/mol. The van der Waals surface area contributed by atoms with Crippen molar-refractivity contribution >= 4 is 12.0 Å². The number of carbonyl (C=O) groups is 2. The van der Waals surface area contributed by atoms with E-state index in [1.165, 1.54) is 12.8 Å². The predicted octanol–water partition coefficient (Wildman–Crippen LogP) is 2.12. The lowest BCUT2D eigenvalue weighted by molar-refractivity contribution is -0.142. The summed E-state index contributed by atoms with van der Waals surface area (Å²) < 4.78 is 0. The van der Waals surface area contributed by atoms with Crippen LogP contribution in [-0.2, 0) is 4.79 Å². The largest absolute Gasteiger partial charge is 0.481 e. The number of carboxylic acids is 1. The number of nitrogens with one attached hydrogen (secondary N) is 2. The lowest BCUT2D eigenvalue weighted by atomic mass is 10.0. The Morgan fingerprint density at radius 3 is 2.63 bits per heavy atom. The number of hydrogen-bond acceptors (Lipinski definition) is 2. The summed E-state index contributed by atoms with van der Waals surface area (Å²) in [7, 11) is 0. The van der Waals surface area contributed by atoms with Gasteiger partial charge in [0.1, 0.15) is 0 Å². The second kappa shape index (κ2) is 5.80. The van der Waals surface area contributed by atoms with Gasteiger partial charge in [0.2, 0.25) is 0 Å². The van der Waals surface area contributed by atoms with Gasteiger partial charge < -0.3 is 15.7 Å². The number of rotatable bonds is 6. The van der Waals surface area contributed by atoms with E-state index in [1.807, 2.05) is 0 Å². The minimum absolute atomic E-state index is 0.208. The van der Waals surface area contributed by atoms with Gasteiger partial charge in [-0.15, -0.1) is 0 Å². The van der Waals surface area contributed by atoms with E-state index in [2.05, 4.69) is 17.6 Å². The maximum absolute atomic E-state index is 11.8. The summed E-state index contributed by atoms with van der Waals surface area (Å²) >= 11 is 0. The van der Waals surface area contributed by atoms with Crippen LogP contribution in [0.4, 0.5) is 4.79 Å². The standard InChI is InChI=1S/C14H24N2O3/c1-2-6-14(7-8-14)9-15-13(19)16-11-5-3-4-10(11)12(17)18/h10-11H,2-9H2,1H3,(H,17,18)(H2,15,16,19). The summed E-state index contributed by atoms with van der Waals surface area (Å²) in [4.78, 5) is 22.9. The summed E-state index contributed by atoms with van der Waals surface area (Å²) in [6.07, 6.45) is 7.01. The van der Waals surface area contributed by atoms with Crippen molar-refractivity contribution in [1.82, 2.24) is 10.6 Å². The van der Waals surface area contributed by atoms with Gasteiger partial charge in [0.05, 0.1) is 5.92 Å². The number of hydrogen-bond donors (Lipinski definition) is 3. The van der Waals surface area contributed by atoms with Crippen molar-refractivity contribution in [3.05, 3.63) is 0 Å². The van der Waals surface area contributed by atoms with Crippen LogP contribution in [0.15, 0.2) is 0 Å². The van der Waals surface area contributed by atoms with E-state index in [9.17, 15) is 9.59 Å². The zero-order valence-corrected chi connectivity index (χ0v) is 11.6. The lowest BCUT2D eigenvalue weighted by Crippen LogP contribution is -2.46. The number of urea groups is 1. The summed E-state index contributed by atoms with van der Waals surface area (Å²) in [5, 5.41) is 14.8. The molecular formula is C14H24N2O3. The highest BCUT2D eigenvalue weighted by atomic mass is 16.4. The molecule has 2 amide bonds. The molecule has 0 radical (unpaired) electrons. The van der Waals surface area contributed by atoms with E-state index in [0.717, 1.165) is 32.2 Å². The Morgan fingerprint density at radius 1 is 1.32 bits per heavy atom. The summed E-state index contributed by atoms with van der Waals surface area (Å²) in [6, 6.07) is -0.417. The average molecular weight is 268 g/mol. The SMILES string of the molecule is CCCC1(CNC(=O)NC2CCCC2C(=O)O)CC1. The molecule has 2 atom stereocenters. The third kappa shape index (κ3) is 3.61. The van der Waals surface area contributed by atoms with Gasteiger partial charge in [0.25, 0.3) is 0 Å². The maximum Gasteiger partial charge on any atom is 0.315 e. The first-order valence-electron chi connectivity index (χ1n) is 7.33. The molecule has 2 aliphatic carbocycles. The Bertz CT molecular complexity index is 353. The van der Waals surface area contributed by atoms with Crippen molar-refractivity contribution in [1.29, 1.82) is 0 Å². The van der Waals surface area contributed by atoms with Gasteiger partial charge in [0, 0.05) is 12.6 Å². The van der Waals surface area contributed by atoms with E-state index in [0.29, 0.717) is 11.8 Å². The van der Waals surface area contributed by atoms with E-state index in [-0.39, 0.29) is 12.1 Å². The Labute approximate surface area is 114 Å². The maximum atomic E-state index is 11.8. The highest BCUT2D eigenvalue weighted by Crippen LogP contribution is 2.48. The lowest BCUT2D eigenvalue weighted by Gasteiger charge is -2.20. The van der Waals surface area contributed by atoms with Gasteiger partial charge in [-0.3, -0.25) is 4.79 Å². The Hall–Kier alpha value is -1.26. The van der Waals surface area contributed by atoms with Gasteiger partial charge in [-0.2, -0.15) is 0 Å². The van der Waals surface area contributed by atoms with Crippen molar-refractivity contribution < 1.29 is 14.7 Å². The van der Waals surface area contributed by atoms with Crippen molar-refractivity contribution in [3.63, 3.8) is 0 Å². The molecule has 5 nitrogen and oxygen atoms in total. The molecule has 5 heteroatoms. The van der Waals surface area contributed by atoms with Crippen LogP contribution in [0.3, 0.4) is 0 Å². The first-order chi connectivity index (χ1) is 9.06. The number of aliphatic carboxylic acids is 1. The molecule has 108 valence electrons. The van der Waals surface area contributed by atoms with E-state index < -0.39 is 11.9 Å². The fraction of sp³-hybridized carbons (Fsp3) is 0.857. The highest BCUT2D eigenvalue weighted by molar-refractivity contribution is 5.77. The molecule has 0 aromatic heterocycles. The number of amides is 2. The van der Waals surface area contributed by atoms with Crippen LogP contribution in [-0.4, -0.2) is 29.7 Å². The molecule has 0 saturated heterocycles. The molecule has 19 heavy (non-hydrogen) atoms. The van der Waals surface area contributed by atoms with Crippen LogP contribution in [0.25, 0.3) is 0 Å². The van der Waals surface area contributed by atoms with E-state index in [4.69, 9.17) is 5.11 Å². The van der Waals surface area contributed by atoms with E-state index >= 15 is 0 Å². The van der Waals surface area contributed by atoms with Crippen molar-refractivity contribution in [2.75, 3.05) is 6.54 Å². The molecule has 0 aliphatic heterocycles. The highest BCUT2D eigenvalue weighted by Gasteiger charge is 2.41. The zero-order valence-electron chi connectivity index (χ0n) is 11.6. The fourth-order valence-electron chi connectivity index (χ4n) is 3.14. The number of carboxylic acid groups (broad SMARTS) is 1. The molecule has 0 aromatic carbocycles. The first kappa shape index (κ1) is 14.2. The van der Waals surface area contributed by atoms with Crippen LogP contribution < -0.4 is 10.6 Å². The Balaban J connectivity index is 1.74. The smallest absolute Gasteiger partial charge is 0.315 e. The minimum Gasteiger partial charge on any atom is -0.481 e. The topological polar surface area (TPSA) is 78.4 Å². The molecule has 0 heterocycles. The van der Waals surface area contributed by atoms with Gasteiger partial charge in [-0.25, -0.2) is 4.79 Å². The van der Waals surface area contributed by atoms with Crippen molar-refractivity contribution in [3.8, 4) is 0 Å². The van der Waals surface area contributed by atoms with Crippen molar-refractivity contribution in [2.45, 2.75) is 57.9 Å². The van der Waals surface area contributed by atoms with E-state index in [1.54, 1.807) is 0 Å². The number of carbonyl (C=O) groups excluding carboxylic acids is 1. The molecule has 2 rings (SSSR count). The predicted molar refractivity (Wildman–Crippen MR) is 71.9 cm³/mol. The van der Waals surface area contributed by atoms with Gasteiger partial charge in [-0.1, -0.05) is 19.8 Å². The van der Waals surface area contributed by atoms with Crippen LogP contribution in [0.1, 0.15) is 51.9 Å². The monoisotopic (exact) mass is 268 g/mol. The van der Waals surface area contributed by atoms with Gasteiger partial charge in [0.15, 0.2) is 0 Å². The Kier molecular flexibility index (Phi) is 4.32. The fourth-order valence-corrected chi connectivity index (χ4v) is 3.14. The first-order valence-corrected chi connectivity index (χ1v) is 7.33. The van der Waals surface area contributed by atoms with Crippen LogP contribution in [0, 0.1) is 11.3 Å². The third-order valence-corrected chi connectivity index (χ3v) is 4.51. The molecule has 0 bridgehead atoms. The third-order valence-electron chi connectivity index (χ3n) is 4.51. The molecule has 2 aliphatic rings. The van der Waals surface area contributed by atoms with Crippen molar-refractivity contribution in [2.24, 2.45) is 11.3 Å². The van der Waals surface area contributed by atoms with Gasteiger partial charge >= 0.3 is 12.0 Å². The quantitative estimate of drug-likeness (QED) is 0.690. The molecule has 2 fully saturated rings. The summed E-state index contributed by atoms with van der Waals surface area (Å²) in [5.74, 6) is -1.22. The summed E-state index contributed by atoms with van der Waals surface area (Å²) in [5.41, 5.74) is 0.327. The molecule has 2 saturated carbocycles.